The van der Waals surface area contributed by atoms with Crippen LogP contribution in [0.3, 0.4) is 0 Å². The fraction of sp³-hybridized carbons (Fsp3) is 0.385. The Morgan fingerprint density at radius 3 is 2.43 bits per heavy atom. The lowest BCUT2D eigenvalue weighted by Crippen LogP contribution is -1.94. The van der Waals surface area contributed by atoms with Crippen molar-refractivity contribution in [1.29, 1.82) is 0 Å². The second-order valence-corrected chi connectivity index (χ2v) is 3.23. The molecule has 0 aliphatic heterocycles. The van der Waals surface area contributed by atoms with Crippen molar-refractivity contribution in [3.05, 3.63) is 35.9 Å². The maximum atomic E-state index is 5.49. The van der Waals surface area contributed by atoms with Crippen LogP contribution in [-0.2, 0) is 0 Å². The molecule has 0 spiro atoms. The van der Waals surface area contributed by atoms with E-state index >= 15 is 0 Å². The van der Waals surface area contributed by atoms with Gasteiger partial charge in [0.1, 0.15) is 5.75 Å². The third-order valence-electron chi connectivity index (χ3n) is 1.90. The van der Waals surface area contributed by atoms with Crippen LogP contribution in [-0.4, -0.2) is 6.61 Å². The minimum absolute atomic E-state index is 0.796. The van der Waals surface area contributed by atoms with Crippen molar-refractivity contribution in [3.8, 4) is 5.75 Å². The number of allylic oxidation sites excluding steroid dienone is 1. The zero-order valence-corrected chi connectivity index (χ0v) is 8.99. The lowest BCUT2D eigenvalue weighted by Gasteiger charge is -2.03. The molecular formula is C13H18O. The Morgan fingerprint density at radius 1 is 1.14 bits per heavy atom. The van der Waals surface area contributed by atoms with Gasteiger partial charge in [-0.1, -0.05) is 38.1 Å². The highest BCUT2D eigenvalue weighted by Gasteiger charge is 1.91. The van der Waals surface area contributed by atoms with Gasteiger partial charge in [-0.2, -0.15) is 0 Å². The van der Waals surface area contributed by atoms with Crippen LogP contribution in [0.1, 0.15) is 32.3 Å². The summed E-state index contributed by atoms with van der Waals surface area (Å²) in [5.74, 6) is 0.959. The van der Waals surface area contributed by atoms with Gasteiger partial charge in [0.05, 0.1) is 6.61 Å². The maximum absolute atomic E-state index is 5.49. The molecule has 76 valence electrons. The molecule has 0 saturated carbocycles. The molecule has 0 radical (unpaired) electrons. The van der Waals surface area contributed by atoms with Gasteiger partial charge < -0.3 is 4.74 Å². The highest BCUT2D eigenvalue weighted by Crippen LogP contribution is 2.13. The largest absolute Gasteiger partial charge is 0.494 e. The molecule has 1 nitrogen and oxygen atoms in total. The molecule has 0 aliphatic rings. The van der Waals surface area contributed by atoms with Crippen molar-refractivity contribution in [3.63, 3.8) is 0 Å². The number of hydrogen-bond donors (Lipinski definition) is 0. The first-order valence-corrected chi connectivity index (χ1v) is 5.26. The molecule has 0 unspecified atom stereocenters. The van der Waals surface area contributed by atoms with Crippen LogP contribution in [0.4, 0.5) is 0 Å². The van der Waals surface area contributed by atoms with Crippen molar-refractivity contribution in [2.45, 2.75) is 26.7 Å². The first kappa shape index (κ1) is 10.8. The standard InChI is InChI=1S/C13H18O/c1-3-5-6-12-7-9-13(10-8-12)14-11-4-2/h5-10H,3-4,11H2,1-2H3. The van der Waals surface area contributed by atoms with E-state index in [1.807, 2.05) is 12.1 Å². The molecule has 1 rings (SSSR count). The normalized spacial score (nSPS) is 10.7. The number of hydrogen-bond acceptors (Lipinski definition) is 1. The molecular weight excluding hydrogens is 172 g/mol. The molecule has 14 heavy (non-hydrogen) atoms. The zero-order chi connectivity index (χ0) is 10.2. The van der Waals surface area contributed by atoms with Gasteiger partial charge in [-0.05, 0) is 30.5 Å². The van der Waals surface area contributed by atoms with Gasteiger partial charge >= 0.3 is 0 Å². The van der Waals surface area contributed by atoms with Gasteiger partial charge in [-0.15, -0.1) is 0 Å². The minimum atomic E-state index is 0.796. The van der Waals surface area contributed by atoms with Crippen LogP contribution in [0.15, 0.2) is 30.3 Å². The smallest absolute Gasteiger partial charge is 0.119 e. The monoisotopic (exact) mass is 190 g/mol. The number of benzene rings is 1. The molecule has 0 N–H and O–H groups in total. The fourth-order valence-corrected chi connectivity index (χ4v) is 1.15. The lowest BCUT2D eigenvalue weighted by molar-refractivity contribution is 0.317. The first-order valence-electron chi connectivity index (χ1n) is 5.26. The Bertz CT molecular complexity index is 272. The minimum Gasteiger partial charge on any atom is -0.494 e. The summed E-state index contributed by atoms with van der Waals surface area (Å²) in [4.78, 5) is 0. The summed E-state index contributed by atoms with van der Waals surface area (Å²) in [6.07, 6.45) is 6.41. The Kier molecular flexibility index (Phi) is 4.84. The summed E-state index contributed by atoms with van der Waals surface area (Å²) in [6.45, 7) is 5.04. The Hall–Kier alpha value is -1.24. The van der Waals surface area contributed by atoms with Crippen molar-refractivity contribution in [2.75, 3.05) is 6.61 Å². The fourth-order valence-electron chi connectivity index (χ4n) is 1.15. The second-order valence-electron chi connectivity index (χ2n) is 3.23. The molecule has 0 aliphatic carbocycles. The van der Waals surface area contributed by atoms with E-state index in [1.165, 1.54) is 5.56 Å². The van der Waals surface area contributed by atoms with E-state index in [2.05, 4.69) is 38.1 Å². The molecule has 1 heteroatoms. The second kappa shape index (κ2) is 6.25. The highest BCUT2D eigenvalue weighted by atomic mass is 16.5. The van der Waals surface area contributed by atoms with Crippen LogP contribution in [0.5, 0.6) is 5.75 Å². The zero-order valence-electron chi connectivity index (χ0n) is 8.99. The average molecular weight is 190 g/mol. The van der Waals surface area contributed by atoms with Gasteiger partial charge in [0.15, 0.2) is 0 Å². The quantitative estimate of drug-likeness (QED) is 0.684. The lowest BCUT2D eigenvalue weighted by atomic mass is 10.2. The summed E-state index contributed by atoms with van der Waals surface area (Å²) >= 11 is 0. The Morgan fingerprint density at radius 2 is 1.86 bits per heavy atom. The Labute approximate surface area is 86.4 Å². The summed E-state index contributed by atoms with van der Waals surface area (Å²) < 4.78 is 5.49. The Balaban J connectivity index is 2.54. The third-order valence-corrected chi connectivity index (χ3v) is 1.90. The van der Waals surface area contributed by atoms with Crippen molar-refractivity contribution in [2.24, 2.45) is 0 Å². The average Bonchev–Trinajstić information content (AvgIpc) is 2.25. The van der Waals surface area contributed by atoms with E-state index in [9.17, 15) is 0 Å². The molecule has 0 saturated heterocycles. The van der Waals surface area contributed by atoms with Gasteiger partial charge in [0.2, 0.25) is 0 Å². The molecule has 0 heterocycles. The van der Waals surface area contributed by atoms with Gasteiger partial charge in [0.25, 0.3) is 0 Å². The van der Waals surface area contributed by atoms with Crippen molar-refractivity contribution >= 4 is 6.08 Å². The molecule has 1 aromatic carbocycles. The van der Waals surface area contributed by atoms with Crippen LogP contribution < -0.4 is 4.74 Å². The van der Waals surface area contributed by atoms with E-state index in [0.29, 0.717) is 0 Å². The van der Waals surface area contributed by atoms with Crippen LogP contribution in [0.25, 0.3) is 6.08 Å². The first-order chi connectivity index (χ1) is 6.86. The molecule has 0 bridgehead atoms. The van der Waals surface area contributed by atoms with Crippen LogP contribution in [0.2, 0.25) is 0 Å². The van der Waals surface area contributed by atoms with E-state index in [4.69, 9.17) is 4.74 Å². The SMILES string of the molecule is CCC=Cc1ccc(OCCC)cc1. The van der Waals surface area contributed by atoms with Gasteiger partial charge in [-0.25, -0.2) is 0 Å². The van der Waals surface area contributed by atoms with E-state index in [1.54, 1.807) is 0 Å². The highest BCUT2D eigenvalue weighted by molar-refractivity contribution is 5.50. The van der Waals surface area contributed by atoms with Crippen molar-refractivity contribution < 1.29 is 4.74 Å². The number of rotatable bonds is 5. The number of ether oxygens (including phenoxy) is 1. The molecule has 0 fully saturated rings. The summed E-state index contributed by atoms with van der Waals surface area (Å²) in [7, 11) is 0. The van der Waals surface area contributed by atoms with Gasteiger partial charge in [-0.3, -0.25) is 0 Å². The molecule has 0 atom stereocenters. The predicted molar refractivity (Wildman–Crippen MR) is 61.6 cm³/mol. The molecule has 0 amide bonds. The summed E-state index contributed by atoms with van der Waals surface area (Å²) in [5, 5.41) is 0. The van der Waals surface area contributed by atoms with E-state index in [0.717, 1.165) is 25.2 Å². The van der Waals surface area contributed by atoms with Crippen molar-refractivity contribution in [1.82, 2.24) is 0 Å². The van der Waals surface area contributed by atoms with Gasteiger partial charge in [0, 0.05) is 0 Å². The third kappa shape index (κ3) is 3.65. The predicted octanol–water partition coefficient (Wildman–Crippen LogP) is 3.90. The summed E-state index contributed by atoms with van der Waals surface area (Å²) in [6, 6.07) is 8.20. The molecule has 1 aromatic rings. The van der Waals surface area contributed by atoms with E-state index < -0.39 is 0 Å². The maximum Gasteiger partial charge on any atom is 0.119 e. The molecule has 0 aromatic heterocycles. The topological polar surface area (TPSA) is 9.23 Å². The van der Waals surface area contributed by atoms with Crippen LogP contribution >= 0.6 is 0 Å². The summed E-state index contributed by atoms with van der Waals surface area (Å²) in [5.41, 5.74) is 1.23. The van der Waals surface area contributed by atoms with E-state index in [-0.39, 0.29) is 0 Å². The van der Waals surface area contributed by atoms with Crippen LogP contribution in [0, 0.1) is 0 Å².